The SMILES string of the molecule is Cc1cc(CN)cnc1N1CCCCCC1C. The molecule has 2 heterocycles. The van der Waals surface area contributed by atoms with Crippen LogP contribution < -0.4 is 10.6 Å². The summed E-state index contributed by atoms with van der Waals surface area (Å²) >= 11 is 0. The second kappa shape index (κ2) is 5.50. The largest absolute Gasteiger partial charge is 0.354 e. The highest BCUT2D eigenvalue weighted by molar-refractivity contribution is 5.48. The molecule has 0 radical (unpaired) electrons. The lowest BCUT2D eigenvalue weighted by Gasteiger charge is -2.29. The molecule has 94 valence electrons. The number of aromatic nitrogens is 1. The average Bonchev–Trinajstić information content (AvgIpc) is 2.54. The predicted octanol–water partition coefficient (Wildman–Crippen LogP) is 2.62. The van der Waals surface area contributed by atoms with Gasteiger partial charge >= 0.3 is 0 Å². The van der Waals surface area contributed by atoms with E-state index in [9.17, 15) is 0 Å². The molecular formula is C14H23N3. The van der Waals surface area contributed by atoms with Crippen LogP contribution in [0.5, 0.6) is 0 Å². The van der Waals surface area contributed by atoms with E-state index in [4.69, 9.17) is 5.73 Å². The van der Waals surface area contributed by atoms with Gasteiger partial charge in [0, 0.05) is 25.3 Å². The van der Waals surface area contributed by atoms with E-state index >= 15 is 0 Å². The van der Waals surface area contributed by atoms with Crippen LogP contribution in [0.3, 0.4) is 0 Å². The molecule has 0 bridgehead atoms. The molecule has 0 saturated carbocycles. The number of anilines is 1. The van der Waals surface area contributed by atoms with Crippen molar-refractivity contribution < 1.29 is 0 Å². The zero-order valence-corrected chi connectivity index (χ0v) is 10.9. The van der Waals surface area contributed by atoms with Gasteiger partial charge in [-0.2, -0.15) is 0 Å². The van der Waals surface area contributed by atoms with Gasteiger partial charge in [-0.3, -0.25) is 0 Å². The van der Waals surface area contributed by atoms with Gasteiger partial charge in [0.25, 0.3) is 0 Å². The van der Waals surface area contributed by atoms with E-state index in [2.05, 4.69) is 29.8 Å². The topological polar surface area (TPSA) is 42.1 Å². The van der Waals surface area contributed by atoms with Crippen molar-refractivity contribution in [2.24, 2.45) is 5.73 Å². The van der Waals surface area contributed by atoms with Gasteiger partial charge in [-0.05, 0) is 43.9 Å². The molecule has 1 aromatic rings. The van der Waals surface area contributed by atoms with E-state index in [-0.39, 0.29) is 0 Å². The first kappa shape index (κ1) is 12.4. The van der Waals surface area contributed by atoms with E-state index in [1.165, 1.54) is 31.2 Å². The van der Waals surface area contributed by atoms with Crippen molar-refractivity contribution in [2.75, 3.05) is 11.4 Å². The van der Waals surface area contributed by atoms with Gasteiger partial charge in [0.2, 0.25) is 0 Å². The van der Waals surface area contributed by atoms with E-state index < -0.39 is 0 Å². The maximum absolute atomic E-state index is 5.65. The van der Waals surface area contributed by atoms with Crippen LogP contribution in [0.15, 0.2) is 12.3 Å². The lowest BCUT2D eigenvalue weighted by molar-refractivity contribution is 0.610. The molecule has 1 atom stereocenters. The molecule has 1 saturated heterocycles. The quantitative estimate of drug-likeness (QED) is 0.854. The molecular weight excluding hydrogens is 210 g/mol. The molecule has 1 aromatic heterocycles. The summed E-state index contributed by atoms with van der Waals surface area (Å²) in [5.74, 6) is 1.15. The van der Waals surface area contributed by atoms with Gasteiger partial charge in [0.05, 0.1) is 0 Å². The van der Waals surface area contributed by atoms with Crippen molar-refractivity contribution in [1.82, 2.24) is 4.98 Å². The number of aryl methyl sites for hydroxylation is 1. The van der Waals surface area contributed by atoms with Crippen LogP contribution in [0.25, 0.3) is 0 Å². The Labute approximate surface area is 104 Å². The minimum absolute atomic E-state index is 0.573. The third-order valence-electron chi connectivity index (χ3n) is 3.67. The fourth-order valence-corrected chi connectivity index (χ4v) is 2.63. The lowest BCUT2D eigenvalue weighted by atomic mass is 10.1. The molecule has 0 aromatic carbocycles. The van der Waals surface area contributed by atoms with Gasteiger partial charge in [-0.25, -0.2) is 4.98 Å². The Bertz CT molecular complexity index is 376. The summed E-state index contributed by atoms with van der Waals surface area (Å²) in [6.45, 7) is 6.16. The van der Waals surface area contributed by atoms with E-state index in [1.807, 2.05) is 6.20 Å². The zero-order valence-electron chi connectivity index (χ0n) is 10.9. The maximum Gasteiger partial charge on any atom is 0.131 e. The van der Waals surface area contributed by atoms with E-state index in [0.717, 1.165) is 17.9 Å². The third-order valence-corrected chi connectivity index (χ3v) is 3.67. The number of pyridine rings is 1. The van der Waals surface area contributed by atoms with Gasteiger partial charge in [-0.15, -0.1) is 0 Å². The number of hydrogen-bond donors (Lipinski definition) is 1. The lowest BCUT2D eigenvalue weighted by Crippen LogP contribution is -2.33. The zero-order chi connectivity index (χ0) is 12.3. The monoisotopic (exact) mass is 233 g/mol. The second-order valence-corrected chi connectivity index (χ2v) is 5.08. The van der Waals surface area contributed by atoms with Crippen LogP contribution in [-0.4, -0.2) is 17.6 Å². The summed E-state index contributed by atoms with van der Waals surface area (Å²) in [6, 6.07) is 2.77. The van der Waals surface area contributed by atoms with Crippen LogP contribution in [0.2, 0.25) is 0 Å². The molecule has 17 heavy (non-hydrogen) atoms. The van der Waals surface area contributed by atoms with Crippen LogP contribution in [-0.2, 0) is 6.54 Å². The molecule has 1 fully saturated rings. The second-order valence-electron chi connectivity index (χ2n) is 5.08. The molecule has 0 spiro atoms. The molecule has 0 aliphatic carbocycles. The highest BCUT2D eigenvalue weighted by Crippen LogP contribution is 2.25. The van der Waals surface area contributed by atoms with Crippen molar-refractivity contribution in [1.29, 1.82) is 0 Å². The van der Waals surface area contributed by atoms with Crippen molar-refractivity contribution in [3.8, 4) is 0 Å². The Morgan fingerprint density at radius 3 is 2.94 bits per heavy atom. The first-order chi connectivity index (χ1) is 8.22. The van der Waals surface area contributed by atoms with E-state index in [1.54, 1.807) is 0 Å². The summed E-state index contributed by atoms with van der Waals surface area (Å²) in [7, 11) is 0. The van der Waals surface area contributed by atoms with Gasteiger partial charge in [0.1, 0.15) is 5.82 Å². The standard InChI is InChI=1S/C14H23N3/c1-11-8-13(9-15)10-16-14(11)17-7-5-3-4-6-12(17)2/h8,10,12H,3-7,9,15H2,1-2H3. The summed E-state index contributed by atoms with van der Waals surface area (Å²) in [4.78, 5) is 7.07. The normalized spacial score (nSPS) is 21.4. The van der Waals surface area contributed by atoms with E-state index in [0.29, 0.717) is 12.6 Å². The van der Waals surface area contributed by atoms with Crippen LogP contribution in [0, 0.1) is 6.92 Å². The Morgan fingerprint density at radius 1 is 1.41 bits per heavy atom. The molecule has 3 heteroatoms. The van der Waals surface area contributed by atoms with Gasteiger partial charge in [-0.1, -0.05) is 12.8 Å². The predicted molar refractivity (Wildman–Crippen MR) is 72.1 cm³/mol. The van der Waals surface area contributed by atoms with Crippen LogP contribution >= 0.6 is 0 Å². The Kier molecular flexibility index (Phi) is 4.00. The Morgan fingerprint density at radius 2 is 2.24 bits per heavy atom. The molecule has 2 rings (SSSR count). The molecule has 1 unspecified atom stereocenters. The summed E-state index contributed by atoms with van der Waals surface area (Å²) < 4.78 is 0. The fraction of sp³-hybridized carbons (Fsp3) is 0.643. The first-order valence-electron chi connectivity index (χ1n) is 6.64. The summed E-state index contributed by atoms with van der Waals surface area (Å²) in [6.07, 6.45) is 7.17. The number of hydrogen-bond acceptors (Lipinski definition) is 3. The van der Waals surface area contributed by atoms with Crippen molar-refractivity contribution in [3.63, 3.8) is 0 Å². The molecule has 1 aliphatic heterocycles. The number of rotatable bonds is 2. The van der Waals surface area contributed by atoms with Crippen molar-refractivity contribution >= 4 is 5.82 Å². The number of nitrogens with two attached hydrogens (primary N) is 1. The Balaban J connectivity index is 2.25. The first-order valence-corrected chi connectivity index (χ1v) is 6.64. The van der Waals surface area contributed by atoms with Crippen LogP contribution in [0.4, 0.5) is 5.82 Å². The summed E-state index contributed by atoms with van der Waals surface area (Å²) in [5, 5.41) is 0. The molecule has 2 N–H and O–H groups in total. The Hall–Kier alpha value is -1.09. The number of nitrogens with zero attached hydrogens (tertiary/aromatic N) is 2. The van der Waals surface area contributed by atoms with Gasteiger partial charge < -0.3 is 10.6 Å². The summed E-state index contributed by atoms with van der Waals surface area (Å²) in [5.41, 5.74) is 8.02. The minimum Gasteiger partial charge on any atom is -0.354 e. The highest BCUT2D eigenvalue weighted by Gasteiger charge is 2.19. The smallest absolute Gasteiger partial charge is 0.131 e. The fourth-order valence-electron chi connectivity index (χ4n) is 2.63. The van der Waals surface area contributed by atoms with Crippen LogP contribution in [0.1, 0.15) is 43.7 Å². The molecule has 1 aliphatic rings. The highest BCUT2D eigenvalue weighted by atomic mass is 15.2. The minimum atomic E-state index is 0.573. The molecule has 3 nitrogen and oxygen atoms in total. The third kappa shape index (κ3) is 2.78. The van der Waals surface area contributed by atoms with Crippen molar-refractivity contribution in [3.05, 3.63) is 23.4 Å². The maximum atomic E-state index is 5.65. The van der Waals surface area contributed by atoms with Crippen molar-refractivity contribution in [2.45, 2.75) is 52.1 Å². The molecule has 0 amide bonds. The average molecular weight is 233 g/mol. The van der Waals surface area contributed by atoms with Gasteiger partial charge in [0.15, 0.2) is 0 Å².